The van der Waals surface area contributed by atoms with Crippen LogP contribution in [0.5, 0.6) is 17.2 Å². The lowest BCUT2D eigenvalue weighted by atomic mass is 10.1. The van der Waals surface area contributed by atoms with Crippen molar-refractivity contribution in [2.45, 2.75) is 20.1 Å². The van der Waals surface area contributed by atoms with Crippen molar-refractivity contribution in [1.82, 2.24) is 0 Å². The molecule has 4 rings (SSSR count). The van der Waals surface area contributed by atoms with E-state index in [1.165, 1.54) is 6.08 Å². The highest BCUT2D eigenvalue weighted by Gasteiger charge is 2.15. The maximum atomic E-state index is 12.9. The predicted molar refractivity (Wildman–Crippen MR) is 165 cm³/mol. The number of amides is 1. The normalized spacial score (nSPS) is 10.7. The Morgan fingerprint density at radius 1 is 0.902 bits per heavy atom. The summed E-state index contributed by atoms with van der Waals surface area (Å²) in [5, 5.41) is 21.9. The number of ether oxygens (including phenoxy) is 3. The molecule has 1 N–H and O–H groups in total. The first-order chi connectivity index (χ1) is 20.0. The van der Waals surface area contributed by atoms with Crippen LogP contribution in [-0.2, 0) is 18.0 Å². The smallest absolute Gasteiger partial charge is 0.266 e. The van der Waals surface area contributed by atoms with E-state index in [2.05, 4.69) is 34.0 Å². The van der Waals surface area contributed by atoms with E-state index in [0.29, 0.717) is 47.3 Å². The molecule has 1 amide bonds. The highest BCUT2D eigenvalue weighted by atomic mass is 127. The molecule has 0 atom stereocenters. The van der Waals surface area contributed by atoms with E-state index in [0.717, 1.165) is 14.7 Å². The van der Waals surface area contributed by atoms with Crippen molar-refractivity contribution in [1.29, 1.82) is 10.5 Å². The van der Waals surface area contributed by atoms with Crippen LogP contribution in [0.1, 0.15) is 29.2 Å². The summed E-state index contributed by atoms with van der Waals surface area (Å²) in [6.45, 7) is 2.88. The van der Waals surface area contributed by atoms with Crippen LogP contribution in [-0.4, -0.2) is 12.5 Å². The molecule has 4 aromatic rings. The number of nitrogens with zero attached hydrogens (tertiary/aromatic N) is 2. The van der Waals surface area contributed by atoms with Crippen molar-refractivity contribution in [3.05, 3.63) is 122 Å². The molecule has 0 aliphatic rings. The van der Waals surface area contributed by atoms with Gasteiger partial charge in [0.2, 0.25) is 0 Å². The van der Waals surface area contributed by atoms with Gasteiger partial charge in [-0.05, 0) is 89.2 Å². The Morgan fingerprint density at radius 2 is 1.63 bits per heavy atom. The fourth-order valence-electron chi connectivity index (χ4n) is 3.87. The van der Waals surface area contributed by atoms with Gasteiger partial charge in [0.15, 0.2) is 11.5 Å². The van der Waals surface area contributed by atoms with E-state index >= 15 is 0 Å². The molecule has 0 saturated heterocycles. The lowest BCUT2D eigenvalue weighted by Crippen LogP contribution is -2.13. The predicted octanol–water partition coefficient (Wildman–Crippen LogP) is 7.27. The molecule has 204 valence electrons. The lowest BCUT2D eigenvalue weighted by Gasteiger charge is -2.15. The maximum absolute atomic E-state index is 12.9. The average Bonchev–Trinajstić information content (AvgIpc) is 3.00. The van der Waals surface area contributed by atoms with Crippen LogP contribution >= 0.6 is 22.6 Å². The van der Waals surface area contributed by atoms with Crippen LogP contribution in [0.25, 0.3) is 6.08 Å². The number of nitrogens with one attached hydrogen (secondary N) is 1. The van der Waals surface area contributed by atoms with Crippen LogP contribution < -0.4 is 19.5 Å². The number of carbonyl (C=O) groups excluding carboxylic acids is 1. The van der Waals surface area contributed by atoms with E-state index in [1.54, 1.807) is 48.5 Å². The van der Waals surface area contributed by atoms with Gasteiger partial charge in [0, 0.05) is 11.3 Å². The first-order valence-corrected chi connectivity index (χ1v) is 13.9. The zero-order chi connectivity index (χ0) is 29.0. The highest BCUT2D eigenvalue weighted by molar-refractivity contribution is 14.1. The fraction of sp³-hybridized carbons (Fsp3) is 0.121. The molecule has 0 heterocycles. The first kappa shape index (κ1) is 29.2. The SMILES string of the molecule is CCOc1cc(/C=C(\C#N)C(=O)Nc2ccc(OCc3ccccc3)cc2)cc(I)c1OCc1ccccc1C#N. The molecule has 41 heavy (non-hydrogen) atoms. The number of anilines is 1. The van der Waals surface area contributed by atoms with E-state index in [1.807, 2.05) is 55.5 Å². The second-order valence-corrected chi connectivity index (χ2v) is 9.91. The van der Waals surface area contributed by atoms with Crippen LogP contribution in [0.3, 0.4) is 0 Å². The van der Waals surface area contributed by atoms with Gasteiger partial charge in [-0.2, -0.15) is 10.5 Å². The number of hydrogen-bond donors (Lipinski definition) is 1. The van der Waals surface area contributed by atoms with Crippen molar-refractivity contribution in [2.24, 2.45) is 0 Å². The summed E-state index contributed by atoms with van der Waals surface area (Å²) in [7, 11) is 0. The first-order valence-electron chi connectivity index (χ1n) is 12.8. The number of nitriles is 2. The molecular weight excluding hydrogens is 629 g/mol. The summed E-state index contributed by atoms with van der Waals surface area (Å²) < 4.78 is 18.4. The molecule has 0 spiro atoms. The lowest BCUT2D eigenvalue weighted by molar-refractivity contribution is -0.112. The maximum Gasteiger partial charge on any atom is 0.266 e. The number of rotatable bonds is 11. The van der Waals surface area contributed by atoms with E-state index in [-0.39, 0.29) is 12.2 Å². The Labute approximate surface area is 252 Å². The molecule has 7 nitrogen and oxygen atoms in total. The quantitative estimate of drug-likeness (QED) is 0.104. The minimum Gasteiger partial charge on any atom is -0.490 e. The van der Waals surface area contributed by atoms with Crippen LogP contribution in [0.2, 0.25) is 0 Å². The number of carbonyl (C=O) groups is 1. The molecule has 8 heteroatoms. The van der Waals surface area contributed by atoms with Crippen molar-refractivity contribution in [3.63, 3.8) is 0 Å². The molecule has 0 radical (unpaired) electrons. The van der Waals surface area contributed by atoms with Crippen LogP contribution in [0.15, 0.2) is 96.6 Å². The van der Waals surface area contributed by atoms with E-state index < -0.39 is 5.91 Å². The van der Waals surface area contributed by atoms with E-state index in [9.17, 15) is 15.3 Å². The van der Waals surface area contributed by atoms with Gasteiger partial charge in [-0.25, -0.2) is 0 Å². The Kier molecular flexibility index (Phi) is 10.4. The molecule has 0 aromatic heterocycles. The second kappa shape index (κ2) is 14.5. The monoisotopic (exact) mass is 655 g/mol. The van der Waals surface area contributed by atoms with Gasteiger partial charge in [-0.1, -0.05) is 48.5 Å². The number of benzene rings is 4. The fourth-order valence-corrected chi connectivity index (χ4v) is 4.65. The Bertz CT molecular complexity index is 1620. The summed E-state index contributed by atoms with van der Waals surface area (Å²) >= 11 is 2.13. The third kappa shape index (κ3) is 8.10. The van der Waals surface area contributed by atoms with Gasteiger partial charge in [0.05, 0.1) is 21.8 Å². The van der Waals surface area contributed by atoms with Crippen molar-refractivity contribution >= 4 is 40.3 Å². The summed E-state index contributed by atoms with van der Waals surface area (Å²) in [6.07, 6.45) is 1.51. The van der Waals surface area contributed by atoms with Crippen molar-refractivity contribution < 1.29 is 19.0 Å². The molecule has 0 aliphatic carbocycles. The Balaban J connectivity index is 1.46. The van der Waals surface area contributed by atoms with E-state index in [4.69, 9.17) is 14.2 Å². The zero-order valence-corrected chi connectivity index (χ0v) is 24.4. The third-order valence-electron chi connectivity index (χ3n) is 5.88. The summed E-state index contributed by atoms with van der Waals surface area (Å²) in [4.78, 5) is 12.9. The molecule has 4 aromatic carbocycles. The minimum absolute atomic E-state index is 0.0655. The van der Waals surface area contributed by atoms with Crippen molar-refractivity contribution in [3.8, 4) is 29.4 Å². The van der Waals surface area contributed by atoms with Crippen LogP contribution in [0.4, 0.5) is 5.69 Å². The topological polar surface area (TPSA) is 104 Å². The van der Waals surface area contributed by atoms with Gasteiger partial charge in [-0.3, -0.25) is 4.79 Å². The molecular formula is C33H26IN3O4. The Morgan fingerprint density at radius 3 is 2.34 bits per heavy atom. The summed E-state index contributed by atoms with van der Waals surface area (Å²) in [6, 6.07) is 31.7. The largest absolute Gasteiger partial charge is 0.490 e. The molecule has 0 fully saturated rings. The molecule has 0 bridgehead atoms. The van der Waals surface area contributed by atoms with Crippen molar-refractivity contribution in [2.75, 3.05) is 11.9 Å². The molecule has 0 aliphatic heterocycles. The van der Waals surface area contributed by atoms with Crippen LogP contribution in [0, 0.1) is 26.2 Å². The molecule has 0 saturated carbocycles. The second-order valence-electron chi connectivity index (χ2n) is 8.74. The summed E-state index contributed by atoms with van der Waals surface area (Å²) in [5.74, 6) is 1.13. The zero-order valence-electron chi connectivity index (χ0n) is 22.3. The Hall–Kier alpha value is -4.80. The van der Waals surface area contributed by atoms with Gasteiger partial charge in [0.1, 0.15) is 30.6 Å². The highest BCUT2D eigenvalue weighted by Crippen LogP contribution is 2.36. The summed E-state index contributed by atoms with van der Waals surface area (Å²) in [5.41, 5.74) is 3.44. The third-order valence-corrected chi connectivity index (χ3v) is 6.68. The van der Waals surface area contributed by atoms with Gasteiger partial charge < -0.3 is 19.5 Å². The number of halogens is 1. The minimum atomic E-state index is -0.535. The van der Waals surface area contributed by atoms with Gasteiger partial charge >= 0.3 is 0 Å². The molecule has 0 unspecified atom stereocenters. The van der Waals surface area contributed by atoms with Gasteiger partial charge in [-0.15, -0.1) is 0 Å². The van der Waals surface area contributed by atoms with Gasteiger partial charge in [0.25, 0.3) is 5.91 Å². The average molecular weight is 655 g/mol. The number of hydrogen-bond acceptors (Lipinski definition) is 6. The standard InChI is InChI=1S/C33H26IN3O4/c1-2-39-31-18-24(17-30(34)32(31)41-22-26-11-7-6-10-25(26)19-35)16-27(20-36)33(38)37-28-12-14-29(15-13-28)40-21-23-8-4-3-5-9-23/h3-18H,2,21-22H2,1H3,(H,37,38)/b27-16+.